The van der Waals surface area contributed by atoms with Gasteiger partial charge in [-0.25, -0.2) is 17.6 Å². The summed E-state index contributed by atoms with van der Waals surface area (Å²) < 4.78 is 51.1. The highest BCUT2D eigenvalue weighted by Crippen LogP contribution is 2.34. The summed E-state index contributed by atoms with van der Waals surface area (Å²) >= 11 is 0. The molecule has 1 aromatic carbocycles. The predicted molar refractivity (Wildman–Crippen MR) is 66.0 cm³/mol. The molecular weight excluding hydrogens is 294 g/mol. The van der Waals surface area contributed by atoms with Gasteiger partial charge in [-0.15, -0.1) is 0 Å². The molecule has 21 heavy (non-hydrogen) atoms. The van der Waals surface area contributed by atoms with E-state index in [-0.39, 0.29) is 10.6 Å². The number of nitrogens with two attached hydrogens (primary N) is 1. The molecule has 1 atom stereocenters. The van der Waals surface area contributed by atoms with Crippen LogP contribution in [0.5, 0.6) is 0 Å². The number of alkyl halides is 4. The number of hydrogen-bond donors (Lipinski definition) is 2. The van der Waals surface area contributed by atoms with Crippen molar-refractivity contribution in [2.24, 2.45) is 5.10 Å². The van der Waals surface area contributed by atoms with Crippen molar-refractivity contribution in [1.29, 1.82) is 0 Å². The fourth-order valence-corrected chi connectivity index (χ4v) is 1.85. The van der Waals surface area contributed by atoms with Gasteiger partial charge in [0.1, 0.15) is 5.71 Å². The first-order valence-corrected chi connectivity index (χ1v) is 5.82. The van der Waals surface area contributed by atoms with Gasteiger partial charge in [0, 0.05) is 17.7 Å². The van der Waals surface area contributed by atoms with Crippen LogP contribution in [-0.4, -0.2) is 40.3 Å². The van der Waals surface area contributed by atoms with E-state index >= 15 is 0 Å². The summed E-state index contributed by atoms with van der Waals surface area (Å²) in [7, 11) is 0. The number of nitrogen functional groups attached to an aromatic ring is 1. The Kier molecular flexibility index (Phi) is 3.86. The first-order valence-electron chi connectivity index (χ1n) is 5.82. The molecule has 0 bridgehead atoms. The number of anilines is 1. The fraction of sp³-hybridized carbons (Fsp3) is 0.333. The minimum atomic E-state index is -3.45. The zero-order valence-electron chi connectivity index (χ0n) is 10.5. The molecule has 0 aromatic heterocycles. The van der Waals surface area contributed by atoms with E-state index in [1.54, 1.807) is 0 Å². The Labute approximate surface area is 116 Å². The van der Waals surface area contributed by atoms with Crippen molar-refractivity contribution in [1.82, 2.24) is 5.01 Å². The van der Waals surface area contributed by atoms with E-state index in [9.17, 15) is 27.5 Å². The van der Waals surface area contributed by atoms with Crippen molar-refractivity contribution < 1.29 is 27.5 Å². The van der Waals surface area contributed by atoms with Crippen molar-refractivity contribution in [3.05, 3.63) is 29.8 Å². The molecule has 9 heteroatoms. The molecule has 0 spiro atoms. The van der Waals surface area contributed by atoms with E-state index in [2.05, 4.69) is 5.10 Å². The molecule has 3 N–H and O–H groups in total. The van der Waals surface area contributed by atoms with Crippen molar-refractivity contribution in [3.63, 3.8) is 0 Å². The second-order valence-corrected chi connectivity index (χ2v) is 4.49. The minimum absolute atomic E-state index is 0.00465. The van der Waals surface area contributed by atoms with Gasteiger partial charge >= 0.3 is 0 Å². The lowest BCUT2D eigenvalue weighted by Crippen LogP contribution is -2.51. The summed E-state index contributed by atoms with van der Waals surface area (Å²) in [6.07, 6.45) is -7.70. The highest BCUT2D eigenvalue weighted by molar-refractivity contribution is 5.99. The third-order valence-corrected chi connectivity index (χ3v) is 2.99. The molecule has 114 valence electrons. The smallest absolute Gasteiger partial charge is 0.287 e. The van der Waals surface area contributed by atoms with Gasteiger partial charge in [0.05, 0.1) is 0 Å². The molecular formula is C12H11F4N3O2. The third-order valence-electron chi connectivity index (χ3n) is 2.99. The SMILES string of the molecule is Nc1ccc(C(=O)N2N=C(C(F)F)C[C@@]2(O)C(F)F)cc1. The highest BCUT2D eigenvalue weighted by atomic mass is 19.3. The maximum Gasteiger partial charge on any atom is 0.287 e. The number of hydrazone groups is 1. The van der Waals surface area contributed by atoms with E-state index in [0.717, 1.165) is 0 Å². The van der Waals surface area contributed by atoms with Gasteiger partial charge in [0.25, 0.3) is 18.8 Å². The zero-order chi connectivity index (χ0) is 15.8. The number of rotatable bonds is 3. The maximum atomic E-state index is 13.0. The van der Waals surface area contributed by atoms with Crippen LogP contribution >= 0.6 is 0 Å². The molecule has 0 aliphatic carbocycles. The van der Waals surface area contributed by atoms with Crippen molar-refractivity contribution >= 4 is 17.3 Å². The molecule has 2 rings (SSSR count). The lowest BCUT2D eigenvalue weighted by Gasteiger charge is -2.30. The molecule has 1 heterocycles. The number of carbonyl (C=O) groups excluding carboxylic acids is 1. The van der Waals surface area contributed by atoms with Crippen molar-refractivity contribution in [2.75, 3.05) is 5.73 Å². The van der Waals surface area contributed by atoms with Crippen LogP contribution in [0.15, 0.2) is 29.4 Å². The van der Waals surface area contributed by atoms with Gasteiger partial charge in [0.15, 0.2) is 0 Å². The van der Waals surface area contributed by atoms with Crippen LogP contribution in [0.2, 0.25) is 0 Å². The number of hydrogen-bond acceptors (Lipinski definition) is 4. The van der Waals surface area contributed by atoms with Crippen LogP contribution in [0.25, 0.3) is 0 Å². The van der Waals surface area contributed by atoms with Gasteiger partial charge in [-0.1, -0.05) is 0 Å². The van der Waals surface area contributed by atoms with Gasteiger partial charge in [-0.05, 0) is 24.3 Å². The van der Waals surface area contributed by atoms with Gasteiger partial charge in [0.2, 0.25) is 5.72 Å². The van der Waals surface area contributed by atoms with E-state index in [1.807, 2.05) is 0 Å². The summed E-state index contributed by atoms with van der Waals surface area (Å²) in [4.78, 5) is 12.1. The normalized spacial score (nSPS) is 22.0. The predicted octanol–water partition coefficient (Wildman–Crippen LogP) is 1.69. The van der Waals surface area contributed by atoms with Crippen LogP contribution in [0.3, 0.4) is 0 Å². The summed E-state index contributed by atoms with van der Waals surface area (Å²) in [5.74, 6) is -1.12. The first-order chi connectivity index (χ1) is 9.75. The third kappa shape index (κ3) is 2.68. The van der Waals surface area contributed by atoms with Gasteiger partial charge in [-0.2, -0.15) is 10.1 Å². The molecule has 1 aliphatic rings. The number of nitrogens with zero attached hydrogens (tertiary/aromatic N) is 2. The Morgan fingerprint density at radius 3 is 2.33 bits per heavy atom. The molecule has 5 nitrogen and oxygen atoms in total. The van der Waals surface area contributed by atoms with Crippen molar-refractivity contribution in [2.45, 2.75) is 25.0 Å². The van der Waals surface area contributed by atoms with Gasteiger partial charge in [-0.3, -0.25) is 4.79 Å². The minimum Gasteiger partial charge on any atom is -0.399 e. The number of halogens is 4. The largest absolute Gasteiger partial charge is 0.399 e. The van der Waals surface area contributed by atoms with Crippen LogP contribution in [0.4, 0.5) is 23.2 Å². The lowest BCUT2D eigenvalue weighted by molar-refractivity contribution is -0.164. The summed E-state index contributed by atoms with van der Waals surface area (Å²) in [6.45, 7) is 0. The van der Waals surface area contributed by atoms with Crippen molar-refractivity contribution in [3.8, 4) is 0 Å². The van der Waals surface area contributed by atoms with Crippen LogP contribution < -0.4 is 5.73 Å². The average Bonchev–Trinajstić information content (AvgIpc) is 2.78. The topological polar surface area (TPSA) is 78.9 Å². The Bertz CT molecular complexity index is 576. The van der Waals surface area contributed by atoms with Crippen LogP contribution in [0, 0.1) is 0 Å². The molecule has 0 saturated heterocycles. The summed E-state index contributed by atoms with van der Waals surface area (Å²) in [5, 5.41) is 13.0. The first kappa shape index (κ1) is 15.2. The van der Waals surface area contributed by atoms with E-state index in [1.165, 1.54) is 24.3 Å². The zero-order valence-corrected chi connectivity index (χ0v) is 10.5. The van der Waals surface area contributed by atoms with Crippen LogP contribution in [-0.2, 0) is 0 Å². The van der Waals surface area contributed by atoms with E-state index in [0.29, 0.717) is 5.69 Å². The highest BCUT2D eigenvalue weighted by Gasteiger charge is 2.53. The molecule has 0 fully saturated rings. The summed E-state index contributed by atoms with van der Waals surface area (Å²) in [6, 6.07) is 5.11. The monoisotopic (exact) mass is 305 g/mol. The number of benzene rings is 1. The number of carbonyl (C=O) groups is 1. The van der Waals surface area contributed by atoms with E-state index in [4.69, 9.17) is 5.73 Å². The molecule has 0 saturated carbocycles. The number of aliphatic hydroxyl groups is 1. The molecule has 0 unspecified atom stereocenters. The van der Waals surface area contributed by atoms with E-state index < -0.39 is 36.6 Å². The molecule has 1 aromatic rings. The average molecular weight is 305 g/mol. The molecule has 0 radical (unpaired) electrons. The standard InChI is InChI=1S/C12H11F4N3O2/c13-9(14)8-5-12(21,11(15)16)19(18-8)10(20)6-1-3-7(17)4-2-6/h1-4,9,11,21H,5,17H2/t12-/m1/s1. The maximum absolute atomic E-state index is 13.0. The molecule has 1 amide bonds. The lowest BCUT2D eigenvalue weighted by atomic mass is 10.1. The van der Waals surface area contributed by atoms with Crippen LogP contribution in [0.1, 0.15) is 16.8 Å². The Hall–Kier alpha value is -2.16. The Morgan fingerprint density at radius 2 is 1.86 bits per heavy atom. The second kappa shape index (κ2) is 5.32. The fourth-order valence-electron chi connectivity index (χ4n) is 1.85. The molecule has 1 aliphatic heterocycles. The van der Waals surface area contributed by atoms with Gasteiger partial charge < -0.3 is 10.8 Å². The second-order valence-electron chi connectivity index (χ2n) is 4.49. The Balaban J connectivity index is 2.38. The Morgan fingerprint density at radius 1 is 1.29 bits per heavy atom. The quantitative estimate of drug-likeness (QED) is 0.659. The summed E-state index contributed by atoms with van der Waals surface area (Å²) in [5.41, 5.74) is 1.59. The number of amides is 1.